The predicted octanol–water partition coefficient (Wildman–Crippen LogP) is 14.6. The fourth-order valence-corrected chi connectivity index (χ4v) is 8.10. The van der Waals surface area contributed by atoms with Crippen LogP contribution in [0.2, 0.25) is 0 Å². The van der Waals surface area contributed by atoms with Crippen molar-refractivity contribution in [1.29, 1.82) is 0 Å². The molecule has 0 bridgehead atoms. The second-order valence-electron chi connectivity index (χ2n) is 18.9. The van der Waals surface area contributed by atoms with Crippen LogP contribution in [0, 0.1) is 0 Å². The third-order valence-electron chi connectivity index (χ3n) is 11.5. The Labute approximate surface area is 384 Å². The van der Waals surface area contributed by atoms with E-state index in [0.29, 0.717) is 17.4 Å². The molecule has 2 N–H and O–H groups in total. The van der Waals surface area contributed by atoms with E-state index in [0.717, 1.165) is 57.8 Å². The van der Waals surface area contributed by atoms with Gasteiger partial charge in [0, 0.05) is 6.42 Å². The van der Waals surface area contributed by atoms with E-state index in [9.17, 15) is 19.4 Å². The number of nitrogens with one attached hydrogen (secondary N) is 1. The van der Waals surface area contributed by atoms with Crippen LogP contribution in [0.5, 0.6) is 0 Å². The van der Waals surface area contributed by atoms with E-state index >= 15 is 0 Å². The molecule has 1 amide bonds. The maximum Gasteiger partial charge on any atom is 0.268 e. The molecule has 364 valence electrons. The molecule has 0 spiro atoms. The zero-order valence-electron chi connectivity index (χ0n) is 41.3. The van der Waals surface area contributed by atoms with E-state index in [1.54, 1.807) is 6.08 Å². The molecule has 62 heavy (non-hydrogen) atoms. The van der Waals surface area contributed by atoms with Crippen molar-refractivity contribution in [2.45, 2.75) is 244 Å². The summed E-state index contributed by atoms with van der Waals surface area (Å²) in [7, 11) is 1.24. The molecule has 8 nitrogen and oxygen atoms in total. The Morgan fingerprint density at radius 3 is 1.40 bits per heavy atom. The summed E-state index contributed by atoms with van der Waals surface area (Å²) in [6, 6.07) is -0.908. The Morgan fingerprint density at radius 2 is 0.952 bits per heavy atom. The summed E-state index contributed by atoms with van der Waals surface area (Å²) in [6.45, 7) is 4.63. The molecule has 0 aromatic heterocycles. The summed E-state index contributed by atoms with van der Waals surface area (Å²) in [6.07, 6.45) is 57.4. The molecule has 0 aliphatic rings. The van der Waals surface area contributed by atoms with E-state index in [2.05, 4.69) is 55.6 Å². The van der Waals surface area contributed by atoms with Crippen molar-refractivity contribution in [3.63, 3.8) is 0 Å². The minimum atomic E-state index is -4.60. The minimum absolute atomic E-state index is 0.00899. The monoisotopic (exact) mass is 893 g/mol. The summed E-state index contributed by atoms with van der Waals surface area (Å²) < 4.78 is 23.3. The highest BCUT2D eigenvalue weighted by molar-refractivity contribution is 7.45. The van der Waals surface area contributed by atoms with Crippen molar-refractivity contribution >= 4 is 13.7 Å². The van der Waals surface area contributed by atoms with Gasteiger partial charge in [-0.25, -0.2) is 0 Å². The highest BCUT2D eigenvalue weighted by Crippen LogP contribution is 2.38. The molecule has 0 aromatic rings. The number of nitrogens with zero attached hydrogens (tertiary/aromatic N) is 1. The average molecular weight is 893 g/mol. The quantitative estimate of drug-likeness (QED) is 0.0273. The third kappa shape index (κ3) is 46.5. The van der Waals surface area contributed by atoms with E-state index in [-0.39, 0.29) is 12.5 Å². The first kappa shape index (κ1) is 60.5. The van der Waals surface area contributed by atoms with Gasteiger partial charge in [0.15, 0.2) is 0 Å². The van der Waals surface area contributed by atoms with Gasteiger partial charge in [0.1, 0.15) is 13.2 Å². The topological polar surface area (TPSA) is 108 Å². The minimum Gasteiger partial charge on any atom is -0.756 e. The third-order valence-corrected chi connectivity index (χ3v) is 12.5. The van der Waals surface area contributed by atoms with Crippen molar-refractivity contribution in [2.75, 3.05) is 40.9 Å². The maximum absolute atomic E-state index is 12.9. The number of phosphoric ester groups is 1. The molecule has 9 heteroatoms. The Bertz CT molecular complexity index is 1150. The molecule has 0 saturated heterocycles. The van der Waals surface area contributed by atoms with Crippen LogP contribution in [-0.4, -0.2) is 68.5 Å². The Hall–Kier alpha value is -1.54. The van der Waals surface area contributed by atoms with Crippen LogP contribution in [0.25, 0.3) is 0 Å². The number of likely N-dealkylation sites (N-methyl/N-ethyl adjacent to an activating group) is 1. The lowest BCUT2D eigenvalue weighted by molar-refractivity contribution is -0.870. The molecule has 0 saturated carbocycles. The van der Waals surface area contributed by atoms with Crippen LogP contribution in [0.3, 0.4) is 0 Å². The van der Waals surface area contributed by atoms with Gasteiger partial charge in [-0.15, -0.1) is 0 Å². The van der Waals surface area contributed by atoms with Crippen LogP contribution in [0.1, 0.15) is 232 Å². The first-order valence-corrected chi connectivity index (χ1v) is 27.5. The molecular formula is C53H101N2O6P. The molecule has 0 heterocycles. The smallest absolute Gasteiger partial charge is 0.268 e. The number of carbonyl (C=O) groups excluding carboxylic acids is 1. The predicted molar refractivity (Wildman–Crippen MR) is 265 cm³/mol. The standard InChI is InChI=1S/C53H101N2O6P/c1-6-8-10-12-14-16-18-20-22-24-25-26-27-28-29-31-33-35-37-39-41-43-45-47-53(57)54-51(50-61-62(58,59)60-49-48-55(3,4)5)52(56)46-44-42-40-38-36-34-32-30-23-21-19-17-15-13-11-9-7-2/h25-26,28-29,36,38,44,46,51-52,56H,6-24,27,30-35,37,39-43,45,47-50H2,1-5H3,(H-,54,57,58,59)/b26-25-,29-28-,38-36+,46-44+. The molecule has 0 aliphatic carbocycles. The first-order valence-electron chi connectivity index (χ1n) is 26.0. The van der Waals surface area contributed by atoms with Crippen molar-refractivity contribution in [3.8, 4) is 0 Å². The molecule has 0 aromatic carbocycles. The Balaban J connectivity index is 4.35. The number of amides is 1. The van der Waals surface area contributed by atoms with Gasteiger partial charge in [0.05, 0.1) is 39.9 Å². The molecule has 0 fully saturated rings. The first-order chi connectivity index (χ1) is 30.0. The maximum atomic E-state index is 12.9. The lowest BCUT2D eigenvalue weighted by atomic mass is 10.1. The van der Waals surface area contributed by atoms with Gasteiger partial charge in [0.2, 0.25) is 5.91 Å². The van der Waals surface area contributed by atoms with Crippen LogP contribution >= 0.6 is 7.82 Å². The van der Waals surface area contributed by atoms with Crippen LogP contribution in [0.15, 0.2) is 48.6 Å². The zero-order valence-corrected chi connectivity index (χ0v) is 42.2. The van der Waals surface area contributed by atoms with Gasteiger partial charge < -0.3 is 28.8 Å². The van der Waals surface area contributed by atoms with Crippen molar-refractivity contribution < 1.29 is 32.9 Å². The summed E-state index contributed by atoms with van der Waals surface area (Å²) >= 11 is 0. The molecule has 0 radical (unpaired) electrons. The number of unbranched alkanes of at least 4 members (excludes halogenated alkanes) is 28. The lowest BCUT2D eigenvalue weighted by Gasteiger charge is -2.29. The molecular weight excluding hydrogens is 792 g/mol. The van der Waals surface area contributed by atoms with E-state index < -0.39 is 26.6 Å². The van der Waals surface area contributed by atoms with E-state index in [1.165, 1.54) is 154 Å². The number of aliphatic hydroxyl groups excluding tert-OH is 1. The second-order valence-corrected chi connectivity index (χ2v) is 20.3. The number of rotatable bonds is 47. The lowest BCUT2D eigenvalue weighted by Crippen LogP contribution is -2.45. The van der Waals surface area contributed by atoms with Crippen molar-refractivity contribution in [3.05, 3.63) is 48.6 Å². The highest BCUT2D eigenvalue weighted by atomic mass is 31.2. The number of phosphoric acid groups is 1. The van der Waals surface area contributed by atoms with Crippen molar-refractivity contribution in [2.24, 2.45) is 0 Å². The molecule has 3 unspecified atom stereocenters. The summed E-state index contributed by atoms with van der Waals surface area (Å²) in [5, 5.41) is 13.8. The fraction of sp³-hybridized carbons (Fsp3) is 0.830. The van der Waals surface area contributed by atoms with Crippen LogP contribution in [-0.2, 0) is 18.4 Å². The second kappa shape index (κ2) is 44.7. The van der Waals surface area contributed by atoms with Crippen molar-refractivity contribution in [1.82, 2.24) is 5.32 Å². The zero-order chi connectivity index (χ0) is 45.7. The van der Waals surface area contributed by atoms with Gasteiger partial charge in [0.25, 0.3) is 7.82 Å². The normalized spacial score (nSPS) is 14.5. The summed E-state index contributed by atoms with van der Waals surface area (Å²) in [5.41, 5.74) is 0. The Kier molecular flexibility index (Phi) is 43.5. The number of aliphatic hydroxyl groups is 1. The van der Waals surface area contributed by atoms with Crippen LogP contribution in [0.4, 0.5) is 0 Å². The molecule has 0 rings (SSSR count). The number of quaternary nitrogens is 1. The largest absolute Gasteiger partial charge is 0.756 e. The van der Waals surface area contributed by atoms with Gasteiger partial charge in [-0.2, -0.15) is 0 Å². The van der Waals surface area contributed by atoms with E-state index in [1.807, 2.05) is 27.2 Å². The van der Waals surface area contributed by atoms with Gasteiger partial charge in [-0.1, -0.05) is 210 Å². The number of carbonyl (C=O) groups is 1. The Morgan fingerprint density at radius 1 is 0.565 bits per heavy atom. The number of hydrogen-bond acceptors (Lipinski definition) is 6. The van der Waals surface area contributed by atoms with E-state index in [4.69, 9.17) is 9.05 Å². The van der Waals surface area contributed by atoms with Gasteiger partial charge in [-0.05, 0) is 64.2 Å². The summed E-state index contributed by atoms with van der Waals surface area (Å²) in [5.74, 6) is -0.215. The fourth-order valence-electron chi connectivity index (χ4n) is 7.38. The molecule has 3 atom stereocenters. The SMILES string of the molecule is CCCCCCCCCCC/C=C\C/C=C\CCCCCCCCCC(=O)NC(COP(=O)([O-])OCC[N+](C)(C)C)C(O)/C=C/CC/C=C/CCCCCCCCCCCCC. The number of hydrogen-bond donors (Lipinski definition) is 2. The average Bonchev–Trinajstić information content (AvgIpc) is 3.23. The van der Waals surface area contributed by atoms with Gasteiger partial charge in [-0.3, -0.25) is 9.36 Å². The number of allylic oxidation sites excluding steroid dienone is 7. The van der Waals surface area contributed by atoms with Gasteiger partial charge >= 0.3 is 0 Å². The highest BCUT2D eigenvalue weighted by Gasteiger charge is 2.23. The van der Waals surface area contributed by atoms with Crippen LogP contribution < -0.4 is 10.2 Å². The summed E-state index contributed by atoms with van der Waals surface area (Å²) in [4.78, 5) is 25.4. The molecule has 0 aliphatic heterocycles.